The topological polar surface area (TPSA) is 72.6 Å². The number of aryl methyl sites for hydroxylation is 1. The third-order valence-corrected chi connectivity index (χ3v) is 4.46. The summed E-state index contributed by atoms with van der Waals surface area (Å²) in [6, 6.07) is 12.9. The number of benzene rings is 2. The van der Waals surface area contributed by atoms with Gasteiger partial charge in [0.05, 0.1) is 18.9 Å². The largest absolute Gasteiger partial charge is 0.465 e. The molecule has 3 rings (SSSR count). The van der Waals surface area contributed by atoms with Crippen LogP contribution in [0.1, 0.15) is 28.2 Å². The SMILES string of the molecule is COC(=O)c1ccc(CN(C)C(=O)CCc2ncc(-c3ccc(F)cc3)o2)cc1. The summed E-state index contributed by atoms with van der Waals surface area (Å²) in [7, 11) is 3.05. The number of carbonyl (C=O) groups is 2. The number of hydrogen-bond acceptors (Lipinski definition) is 5. The molecule has 0 atom stereocenters. The van der Waals surface area contributed by atoms with E-state index in [2.05, 4.69) is 9.72 Å². The zero-order valence-corrected chi connectivity index (χ0v) is 16.2. The lowest BCUT2D eigenvalue weighted by molar-refractivity contribution is -0.130. The van der Waals surface area contributed by atoms with Crippen molar-refractivity contribution >= 4 is 11.9 Å². The predicted octanol–water partition coefficient (Wildman–Crippen LogP) is 3.86. The van der Waals surface area contributed by atoms with E-state index in [0.717, 1.165) is 11.1 Å². The van der Waals surface area contributed by atoms with E-state index in [4.69, 9.17) is 4.42 Å². The summed E-state index contributed by atoms with van der Waals surface area (Å²) in [5.41, 5.74) is 2.10. The molecule has 29 heavy (non-hydrogen) atoms. The van der Waals surface area contributed by atoms with E-state index < -0.39 is 5.97 Å². The van der Waals surface area contributed by atoms with Crippen LogP contribution in [-0.4, -0.2) is 35.9 Å². The Morgan fingerprint density at radius 1 is 1.10 bits per heavy atom. The molecule has 0 saturated carbocycles. The molecular weight excluding hydrogens is 375 g/mol. The van der Waals surface area contributed by atoms with Gasteiger partial charge in [-0.3, -0.25) is 4.79 Å². The van der Waals surface area contributed by atoms with Gasteiger partial charge in [-0.15, -0.1) is 0 Å². The molecule has 0 N–H and O–H groups in total. The molecule has 0 bridgehead atoms. The number of amides is 1. The summed E-state index contributed by atoms with van der Waals surface area (Å²) in [6.45, 7) is 0.423. The van der Waals surface area contributed by atoms with Crippen LogP contribution in [0.3, 0.4) is 0 Å². The Kier molecular flexibility index (Phi) is 6.39. The first-order valence-electron chi connectivity index (χ1n) is 9.08. The van der Waals surface area contributed by atoms with Crippen LogP contribution in [0.2, 0.25) is 0 Å². The molecule has 1 amide bonds. The lowest BCUT2D eigenvalue weighted by atomic mass is 10.1. The molecule has 150 valence electrons. The van der Waals surface area contributed by atoms with Crippen molar-refractivity contribution in [1.29, 1.82) is 0 Å². The molecule has 0 saturated heterocycles. The Balaban J connectivity index is 1.52. The summed E-state index contributed by atoms with van der Waals surface area (Å²) in [5.74, 6) is 0.220. The van der Waals surface area contributed by atoms with Gasteiger partial charge in [0.1, 0.15) is 5.82 Å². The fraction of sp³-hybridized carbons (Fsp3) is 0.227. The number of rotatable bonds is 7. The number of ether oxygens (including phenoxy) is 1. The maximum absolute atomic E-state index is 13.0. The lowest BCUT2D eigenvalue weighted by Gasteiger charge is -2.17. The highest BCUT2D eigenvalue weighted by atomic mass is 19.1. The smallest absolute Gasteiger partial charge is 0.337 e. The van der Waals surface area contributed by atoms with Crippen molar-refractivity contribution in [3.8, 4) is 11.3 Å². The molecule has 0 fully saturated rings. The average Bonchev–Trinajstić information content (AvgIpc) is 3.21. The van der Waals surface area contributed by atoms with Gasteiger partial charge in [0, 0.05) is 32.0 Å². The summed E-state index contributed by atoms with van der Waals surface area (Å²) < 4.78 is 23.3. The number of nitrogens with zero attached hydrogens (tertiary/aromatic N) is 2. The van der Waals surface area contributed by atoms with Crippen LogP contribution < -0.4 is 0 Å². The third kappa shape index (κ3) is 5.28. The van der Waals surface area contributed by atoms with E-state index in [9.17, 15) is 14.0 Å². The van der Waals surface area contributed by atoms with Crippen LogP contribution in [0, 0.1) is 5.82 Å². The van der Waals surface area contributed by atoms with Crippen molar-refractivity contribution in [2.45, 2.75) is 19.4 Å². The molecule has 3 aromatic rings. The summed E-state index contributed by atoms with van der Waals surface area (Å²) in [4.78, 5) is 29.7. The first kappa shape index (κ1) is 20.3. The second-order valence-corrected chi connectivity index (χ2v) is 6.56. The zero-order valence-electron chi connectivity index (χ0n) is 16.2. The van der Waals surface area contributed by atoms with E-state index in [0.29, 0.717) is 30.2 Å². The normalized spacial score (nSPS) is 10.6. The Labute approximate surface area is 167 Å². The molecule has 0 aliphatic carbocycles. The maximum Gasteiger partial charge on any atom is 0.337 e. The van der Waals surface area contributed by atoms with E-state index in [1.165, 1.54) is 19.2 Å². The Morgan fingerprint density at radius 2 is 1.79 bits per heavy atom. The van der Waals surface area contributed by atoms with Crippen molar-refractivity contribution in [3.63, 3.8) is 0 Å². The number of halogens is 1. The molecule has 0 unspecified atom stereocenters. The minimum absolute atomic E-state index is 0.0522. The standard InChI is InChI=1S/C22H21FN2O4/c1-25(14-15-3-5-17(6-4-15)22(27)28-2)21(26)12-11-20-24-13-19(29-20)16-7-9-18(23)10-8-16/h3-10,13H,11-12,14H2,1-2H3. The molecule has 6 nitrogen and oxygen atoms in total. The molecule has 7 heteroatoms. The van der Waals surface area contributed by atoms with E-state index in [1.807, 2.05) is 0 Å². The first-order chi connectivity index (χ1) is 14.0. The van der Waals surface area contributed by atoms with Crippen LogP contribution in [0.4, 0.5) is 4.39 Å². The van der Waals surface area contributed by atoms with Gasteiger partial charge in [-0.2, -0.15) is 0 Å². The number of esters is 1. The Hall–Kier alpha value is -3.48. The predicted molar refractivity (Wildman–Crippen MR) is 104 cm³/mol. The quantitative estimate of drug-likeness (QED) is 0.567. The van der Waals surface area contributed by atoms with Crippen LogP contribution >= 0.6 is 0 Å². The average molecular weight is 396 g/mol. The highest BCUT2D eigenvalue weighted by molar-refractivity contribution is 5.89. The van der Waals surface area contributed by atoms with E-state index >= 15 is 0 Å². The number of oxazole rings is 1. The Morgan fingerprint density at radius 3 is 2.45 bits per heavy atom. The number of carbonyl (C=O) groups excluding carboxylic acids is 2. The molecule has 1 heterocycles. The fourth-order valence-electron chi connectivity index (χ4n) is 2.80. The third-order valence-electron chi connectivity index (χ3n) is 4.46. The molecule has 1 aromatic heterocycles. The Bertz CT molecular complexity index is 981. The van der Waals surface area contributed by atoms with Crippen molar-refractivity contribution in [2.75, 3.05) is 14.2 Å². The minimum Gasteiger partial charge on any atom is -0.465 e. The molecule has 0 aliphatic heterocycles. The summed E-state index contributed by atoms with van der Waals surface area (Å²) in [5, 5.41) is 0. The van der Waals surface area contributed by atoms with E-state index in [-0.39, 0.29) is 18.1 Å². The van der Waals surface area contributed by atoms with Crippen LogP contribution in [0.15, 0.2) is 59.1 Å². The summed E-state index contributed by atoms with van der Waals surface area (Å²) in [6.07, 6.45) is 2.19. The zero-order chi connectivity index (χ0) is 20.8. The van der Waals surface area contributed by atoms with Gasteiger partial charge < -0.3 is 14.1 Å². The van der Waals surface area contributed by atoms with Gasteiger partial charge in [0.2, 0.25) is 5.91 Å². The van der Waals surface area contributed by atoms with Gasteiger partial charge in [-0.05, 0) is 42.0 Å². The van der Waals surface area contributed by atoms with Gasteiger partial charge in [-0.1, -0.05) is 12.1 Å². The highest BCUT2D eigenvalue weighted by Crippen LogP contribution is 2.21. The van der Waals surface area contributed by atoms with Gasteiger partial charge >= 0.3 is 5.97 Å². The fourth-order valence-corrected chi connectivity index (χ4v) is 2.80. The molecule has 0 aliphatic rings. The molecule has 2 aromatic carbocycles. The summed E-state index contributed by atoms with van der Waals surface area (Å²) >= 11 is 0. The van der Waals surface area contributed by atoms with Gasteiger partial charge in [-0.25, -0.2) is 14.2 Å². The van der Waals surface area contributed by atoms with Gasteiger partial charge in [0.25, 0.3) is 0 Å². The van der Waals surface area contributed by atoms with Crippen molar-refractivity contribution in [1.82, 2.24) is 9.88 Å². The molecule has 0 spiro atoms. The van der Waals surface area contributed by atoms with Crippen molar-refractivity contribution < 1.29 is 23.1 Å². The second kappa shape index (κ2) is 9.14. The monoisotopic (exact) mass is 396 g/mol. The second-order valence-electron chi connectivity index (χ2n) is 6.56. The number of methoxy groups -OCH3 is 1. The molecular formula is C22H21FN2O4. The van der Waals surface area contributed by atoms with Crippen LogP contribution in [-0.2, 0) is 22.5 Å². The van der Waals surface area contributed by atoms with Gasteiger partial charge in [0.15, 0.2) is 11.7 Å². The van der Waals surface area contributed by atoms with E-state index in [1.54, 1.807) is 54.5 Å². The maximum atomic E-state index is 13.0. The highest BCUT2D eigenvalue weighted by Gasteiger charge is 2.13. The van der Waals surface area contributed by atoms with Crippen LogP contribution in [0.25, 0.3) is 11.3 Å². The van der Waals surface area contributed by atoms with Crippen LogP contribution in [0.5, 0.6) is 0 Å². The van der Waals surface area contributed by atoms with Crippen molar-refractivity contribution in [2.24, 2.45) is 0 Å². The lowest BCUT2D eigenvalue weighted by Crippen LogP contribution is -2.26. The molecule has 0 radical (unpaired) electrons. The minimum atomic E-state index is -0.396. The number of hydrogen-bond donors (Lipinski definition) is 0. The number of aromatic nitrogens is 1. The van der Waals surface area contributed by atoms with Crippen molar-refractivity contribution in [3.05, 3.63) is 77.6 Å². The first-order valence-corrected chi connectivity index (χ1v) is 9.08.